The van der Waals surface area contributed by atoms with Crippen molar-refractivity contribution >= 4 is 65.4 Å². The molecule has 0 aliphatic carbocycles. The van der Waals surface area contributed by atoms with E-state index >= 15 is 0 Å². The standard InChI is InChI=1S/C66H41N5/c67-42-47-28-27-46(48-38-59(44-15-3-1-4-16-44)68-60(39-48)45-17-5-2-6-18-45)37-56(47)43-29-31-49(32-30-43)69-65-35-33-50(70-61-23-11-7-19-52(61)53-20-8-12-24-62(53)70)40-57(65)58-41-51(34-36-66(58)69)71-63-25-13-9-21-54(63)55-22-10-14-26-64(55)71/h1-41H. The first-order chi connectivity index (χ1) is 35.2. The molecule has 0 amide bonds. The van der Waals surface area contributed by atoms with E-state index in [1.807, 2.05) is 42.5 Å². The van der Waals surface area contributed by atoms with Crippen molar-refractivity contribution in [2.75, 3.05) is 0 Å². The van der Waals surface area contributed by atoms with Gasteiger partial charge in [-0.15, -0.1) is 0 Å². The van der Waals surface area contributed by atoms with Gasteiger partial charge in [0.05, 0.1) is 56.1 Å². The lowest BCUT2D eigenvalue weighted by Crippen LogP contribution is -1.96. The Morgan fingerprint density at radius 3 is 1.11 bits per heavy atom. The minimum atomic E-state index is 0.620. The first-order valence-corrected chi connectivity index (χ1v) is 24.0. The van der Waals surface area contributed by atoms with Gasteiger partial charge in [0, 0.05) is 66.1 Å². The molecule has 14 rings (SSSR count). The maximum Gasteiger partial charge on any atom is 0.0998 e. The van der Waals surface area contributed by atoms with Crippen LogP contribution in [0.4, 0.5) is 0 Å². The molecule has 0 bridgehead atoms. The quantitative estimate of drug-likeness (QED) is 0.160. The van der Waals surface area contributed by atoms with E-state index in [0.717, 1.165) is 83.6 Å². The molecule has 0 fully saturated rings. The summed E-state index contributed by atoms with van der Waals surface area (Å²) < 4.78 is 7.18. The first-order valence-electron chi connectivity index (χ1n) is 24.0. The van der Waals surface area contributed by atoms with Gasteiger partial charge in [-0.25, -0.2) is 4.98 Å². The van der Waals surface area contributed by atoms with E-state index in [4.69, 9.17) is 4.98 Å². The van der Waals surface area contributed by atoms with Crippen LogP contribution in [0.25, 0.3) is 127 Å². The zero-order valence-electron chi connectivity index (χ0n) is 38.4. The number of hydrogen-bond acceptors (Lipinski definition) is 2. The Labute approximate surface area is 409 Å². The van der Waals surface area contributed by atoms with E-state index in [2.05, 4.69) is 226 Å². The molecule has 330 valence electrons. The fourth-order valence-electron chi connectivity index (χ4n) is 11.0. The van der Waals surface area contributed by atoms with Crippen molar-refractivity contribution in [3.63, 3.8) is 0 Å². The molecule has 5 nitrogen and oxygen atoms in total. The summed E-state index contributed by atoms with van der Waals surface area (Å²) in [6.45, 7) is 0. The summed E-state index contributed by atoms with van der Waals surface area (Å²) in [5.41, 5.74) is 18.6. The Morgan fingerprint density at radius 2 is 0.662 bits per heavy atom. The Bertz CT molecular complexity index is 4120. The molecule has 0 atom stereocenters. The van der Waals surface area contributed by atoms with E-state index in [-0.39, 0.29) is 0 Å². The predicted octanol–water partition coefficient (Wildman–Crippen LogP) is 16.9. The van der Waals surface area contributed by atoms with E-state index in [0.29, 0.717) is 5.56 Å². The monoisotopic (exact) mass is 903 g/mol. The molecule has 0 aliphatic rings. The summed E-state index contributed by atoms with van der Waals surface area (Å²) in [6, 6.07) is 90.8. The Balaban J connectivity index is 0.934. The lowest BCUT2D eigenvalue weighted by molar-refractivity contribution is 1.16. The van der Waals surface area contributed by atoms with Crippen LogP contribution < -0.4 is 0 Å². The van der Waals surface area contributed by atoms with Crippen molar-refractivity contribution in [3.05, 3.63) is 254 Å². The highest BCUT2D eigenvalue weighted by atomic mass is 15.0. The molecule has 0 N–H and O–H groups in total. The van der Waals surface area contributed by atoms with E-state index in [9.17, 15) is 5.26 Å². The van der Waals surface area contributed by atoms with Gasteiger partial charge in [0.25, 0.3) is 0 Å². The second kappa shape index (κ2) is 16.2. The SMILES string of the molecule is N#Cc1ccc(-c2cc(-c3ccccc3)nc(-c3ccccc3)c2)cc1-c1ccc(-n2c3ccc(-n4c5ccccc5c5ccccc54)cc3c3cc(-n4c5ccccc5c5ccccc54)ccc32)cc1. The highest BCUT2D eigenvalue weighted by Gasteiger charge is 2.20. The lowest BCUT2D eigenvalue weighted by atomic mass is 9.93. The van der Waals surface area contributed by atoms with Crippen molar-refractivity contribution in [3.8, 4) is 67.9 Å². The maximum absolute atomic E-state index is 10.5. The summed E-state index contributed by atoms with van der Waals surface area (Å²) in [4.78, 5) is 5.12. The van der Waals surface area contributed by atoms with Gasteiger partial charge in [0.1, 0.15) is 0 Å². The van der Waals surface area contributed by atoms with Crippen molar-refractivity contribution in [2.45, 2.75) is 0 Å². The van der Waals surface area contributed by atoms with Crippen molar-refractivity contribution in [1.29, 1.82) is 5.26 Å². The van der Waals surface area contributed by atoms with Gasteiger partial charge in [0.2, 0.25) is 0 Å². The highest BCUT2D eigenvalue weighted by molar-refractivity contribution is 6.14. The third-order valence-electron chi connectivity index (χ3n) is 14.3. The average molecular weight is 904 g/mol. The zero-order chi connectivity index (χ0) is 47.0. The fraction of sp³-hybridized carbons (Fsp3) is 0. The number of nitriles is 1. The molecule has 14 aromatic rings. The second-order valence-electron chi connectivity index (χ2n) is 18.3. The van der Waals surface area contributed by atoms with Crippen molar-refractivity contribution in [2.24, 2.45) is 0 Å². The molecule has 4 aromatic heterocycles. The highest BCUT2D eigenvalue weighted by Crippen LogP contribution is 2.41. The van der Waals surface area contributed by atoms with E-state index in [1.165, 1.54) is 43.6 Å². The Hall–Kier alpha value is -9.76. The minimum absolute atomic E-state index is 0.620. The average Bonchev–Trinajstić information content (AvgIpc) is 4.08. The first kappa shape index (κ1) is 40.3. The number of fused-ring (bicyclic) bond motifs is 9. The van der Waals surface area contributed by atoms with Gasteiger partial charge >= 0.3 is 0 Å². The van der Waals surface area contributed by atoms with Gasteiger partial charge in [-0.2, -0.15) is 5.26 Å². The number of benzene rings is 10. The normalized spacial score (nSPS) is 11.6. The van der Waals surface area contributed by atoms with Crippen LogP contribution in [0.15, 0.2) is 249 Å². The predicted molar refractivity (Wildman–Crippen MR) is 294 cm³/mol. The van der Waals surface area contributed by atoms with Crippen LogP contribution >= 0.6 is 0 Å². The van der Waals surface area contributed by atoms with Crippen LogP contribution in [0.2, 0.25) is 0 Å². The molecular weight excluding hydrogens is 863 g/mol. The smallest absolute Gasteiger partial charge is 0.0998 e. The van der Waals surface area contributed by atoms with Crippen molar-refractivity contribution in [1.82, 2.24) is 18.7 Å². The van der Waals surface area contributed by atoms with Crippen LogP contribution in [-0.2, 0) is 0 Å². The van der Waals surface area contributed by atoms with Crippen LogP contribution in [0, 0.1) is 11.3 Å². The van der Waals surface area contributed by atoms with Gasteiger partial charge in [0.15, 0.2) is 0 Å². The molecule has 4 heterocycles. The number of para-hydroxylation sites is 4. The van der Waals surface area contributed by atoms with Gasteiger partial charge in [-0.3, -0.25) is 0 Å². The summed E-state index contributed by atoms with van der Waals surface area (Å²) >= 11 is 0. The number of rotatable bonds is 7. The molecule has 0 aliphatic heterocycles. The molecule has 71 heavy (non-hydrogen) atoms. The largest absolute Gasteiger partial charge is 0.309 e. The van der Waals surface area contributed by atoms with Crippen LogP contribution in [0.3, 0.4) is 0 Å². The summed E-state index contributed by atoms with van der Waals surface area (Å²) in [7, 11) is 0. The molecule has 0 unspecified atom stereocenters. The second-order valence-corrected chi connectivity index (χ2v) is 18.3. The van der Waals surface area contributed by atoms with Crippen LogP contribution in [0.5, 0.6) is 0 Å². The molecule has 5 heteroatoms. The Morgan fingerprint density at radius 1 is 0.282 bits per heavy atom. The summed E-state index contributed by atoms with van der Waals surface area (Å²) in [5.74, 6) is 0. The molecular formula is C66H41N5. The molecule has 0 saturated heterocycles. The lowest BCUT2D eigenvalue weighted by Gasteiger charge is -2.13. The molecule has 10 aromatic carbocycles. The van der Waals surface area contributed by atoms with Gasteiger partial charge < -0.3 is 13.7 Å². The fourth-order valence-corrected chi connectivity index (χ4v) is 11.0. The number of aromatic nitrogens is 4. The number of hydrogen-bond donors (Lipinski definition) is 0. The van der Waals surface area contributed by atoms with Crippen LogP contribution in [0.1, 0.15) is 5.56 Å². The van der Waals surface area contributed by atoms with Gasteiger partial charge in [-0.05, 0) is 114 Å². The number of nitrogens with zero attached hydrogens (tertiary/aromatic N) is 5. The Kier molecular flexibility index (Phi) is 9.20. The number of pyridine rings is 1. The summed E-state index contributed by atoms with van der Waals surface area (Å²) in [6.07, 6.45) is 0. The maximum atomic E-state index is 10.5. The zero-order valence-corrected chi connectivity index (χ0v) is 38.4. The minimum Gasteiger partial charge on any atom is -0.309 e. The van der Waals surface area contributed by atoms with Gasteiger partial charge in [-0.1, -0.05) is 152 Å². The molecule has 0 saturated carbocycles. The molecule has 0 spiro atoms. The van der Waals surface area contributed by atoms with Crippen molar-refractivity contribution < 1.29 is 0 Å². The molecule has 0 radical (unpaired) electrons. The third-order valence-corrected chi connectivity index (χ3v) is 14.3. The van der Waals surface area contributed by atoms with E-state index in [1.54, 1.807) is 0 Å². The van der Waals surface area contributed by atoms with Crippen LogP contribution in [-0.4, -0.2) is 18.7 Å². The third kappa shape index (κ3) is 6.50. The topological polar surface area (TPSA) is 51.5 Å². The summed E-state index contributed by atoms with van der Waals surface area (Å²) in [5, 5.41) is 17.8. The van der Waals surface area contributed by atoms with E-state index < -0.39 is 0 Å².